The Kier molecular flexibility index (Phi) is 5.63. The van der Waals surface area contributed by atoms with Gasteiger partial charge >= 0.3 is 5.97 Å². The zero-order valence-corrected chi connectivity index (χ0v) is 13.0. The molecule has 0 aromatic heterocycles. The summed E-state index contributed by atoms with van der Waals surface area (Å²) in [6.45, 7) is 1.65. The van der Waals surface area contributed by atoms with Crippen molar-refractivity contribution in [3.8, 4) is 6.07 Å². The fraction of sp³-hybridized carbons (Fsp3) is 0.167. The second-order valence-corrected chi connectivity index (χ2v) is 5.08. The summed E-state index contributed by atoms with van der Waals surface area (Å²) in [6.07, 6.45) is -0.997. The molecule has 0 aliphatic carbocycles. The van der Waals surface area contributed by atoms with Crippen LogP contribution in [0.15, 0.2) is 48.5 Å². The number of esters is 1. The summed E-state index contributed by atoms with van der Waals surface area (Å²) in [7, 11) is 0. The van der Waals surface area contributed by atoms with E-state index in [0.717, 1.165) is 5.56 Å². The molecule has 0 spiro atoms. The number of nitrogens with one attached hydrogen (secondary N) is 1. The number of ether oxygens (including phenoxy) is 1. The maximum absolute atomic E-state index is 12.8. The van der Waals surface area contributed by atoms with Crippen molar-refractivity contribution in [2.24, 2.45) is 0 Å². The summed E-state index contributed by atoms with van der Waals surface area (Å²) in [5.74, 6) is -1.51. The van der Waals surface area contributed by atoms with Gasteiger partial charge < -0.3 is 10.1 Å². The van der Waals surface area contributed by atoms with Crippen LogP contribution in [0, 0.1) is 17.1 Å². The highest BCUT2D eigenvalue weighted by Crippen LogP contribution is 2.08. The van der Waals surface area contributed by atoms with Gasteiger partial charge in [-0.2, -0.15) is 5.26 Å². The molecule has 0 saturated carbocycles. The minimum absolute atomic E-state index is 0.199. The molecule has 24 heavy (non-hydrogen) atoms. The molecular weight excluding hydrogens is 311 g/mol. The Morgan fingerprint density at radius 2 is 1.96 bits per heavy atom. The topological polar surface area (TPSA) is 79.2 Å². The Bertz CT molecular complexity index is 782. The Morgan fingerprint density at radius 3 is 2.62 bits per heavy atom. The van der Waals surface area contributed by atoms with Crippen LogP contribution in [0.2, 0.25) is 0 Å². The highest BCUT2D eigenvalue weighted by atomic mass is 19.1. The van der Waals surface area contributed by atoms with E-state index in [-0.39, 0.29) is 17.9 Å². The highest BCUT2D eigenvalue weighted by molar-refractivity contribution is 5.92. The maximum atomic E-state index is 12.8. The van der Waals surface area contributed by atoms with Crippen molar-refractivity contribution >= 4 is 11.9 Å². The van der Waals surface area contributed by atoms with E-state index in [1.165, 1.54) is 31.2 Å². The number of amides is 1. The van der Waals surface area contributed by atoms with Gasteiger partial charge in [0.15, 0.2) is 6.10 Å². The van der Waals surface area contributed by atoms with Crippen molar-refractivity contribution in [1.29, 1.82) is 5.26 Å². The van der Waals surface area contributed by atoms with Crippen LogP contribution >= 0.6 is 0 Å². The molecule has 2 aromatic rings. The molecule has 0 aliphatic heterocycles. The molecule has 0 saturated heterocycles. The molecule has 0 aliphatic rings. The second-order valence-electron chi connectivity index (χ2n) is 5.08. The lowest BCUT2D eigenvalue weighted by Gasteiger charge is -2.13. The smallest absolute Gasteiger partial charge is 0.338 e. The van der Waals surface area contributed by atoms with Crippen molar-refractivity contribution in [1.82, 2.24) is 5.32 Å². The Labute approximate surface area is 138 Å². The highest BCUT2D eigenvalue weighted by Gasteiger charge is 2.18. The first-order valence-corrected chi connectivity index (χ1v) is 7.23. The van der Waals surface area contributed by atoms with Crippen LogP contribution in [0.5, 0.6) is 0 Å². The minimum Gasteiger partial charge on any atom is -0.449 e. The normalized spacial score (nSPS) is 11.2. The number of rotatable bonds is 5. The van der Waals surface area contributed by atoms with Crippen LogP contribution in [0.1, 0.15) is 28.4 Å². The van der Waals surface area contributed by atoms with E-state index < -0.39 is 18.0 Å². The number of hydrogen-bond donors (Lipinski definition) is 1. The van der Waals surface area contributed by atoms with Gasteiger partial charge in [-0.05, 0) is 42.8 Å². The van der Waals surface area contributed by atoms with Crippen LogP contribution in [-0.2, 0) is 16.1 Å². The number of nitrogens with zero attached hydrogens (tertiary/aromatic N) is 1. The molecule has 0 unspecified atom stereocenters. The van der Waals surface area contributed by atoms with Crippen LogP contribution in [-0.4, -0.2) is 18.0 Å². The average molecular weight is 326 g/mol. The molecule has 1 atom stereocenters. The lowest BCUT2D eigenvalue weighted by Crippen LogP contribution is -2.35. The third-order valence-electron chi connectivity index (χ3n) is 3.26. The predicted molar refractivity (Wildman–Crippen MR) is 84.3 cm³/mol. The monoisotopic (exact) mass is 326 g/mol. The molecule has 2 rings (SSSR count). The molecule has 1 N–H and O–H groups in total. The number of benzene rings is 2. The number of hydrogen-bond acceptors (Lipinski definition) is 4. The molecule has 1 amide bonds. The lowest BCUT2D eigenvalue weighted by molar-refractivity contribution is -0.129. The van der Waals surface area contributed by atoms with E-state index in [0.29, 0.717) is 5.56 Å². The Balaban J connectivity index is 1.89. The molecule has 5 nitrogen and oxygen atoms in total. The Hall–Kier alpha value is -3.20. The molecule has 122 valence electrons. The standard InChI is InChI=1S/C18H15FN2O3/c1-12(17(22)21-11-13-5-7-16(19)8-6-13)24-18(23)15-4-2-3-14(9-15)10-20/h2-9,12H,11H2,1H3,(H,21,22)/t12-/m0/s1. The van der Waals surface area contributed by atoms with Gasteiger partial charge in [0, 0.05) is 6.54 Å². The lowest BCUT2D eigenvalue weighted by atomic mass is 10.1. The third kappa shape index (κ3) is 4.65. The van der Waals surface area contributed by atoms with Gasteiger partial charge in [-0.1, -0.05) is 18.2 Å². The molecular formula is C18H15FN2O3. The van der Waals surface area contributed by atoms with E-state index in [2.05, 4.69) is 5.32 Å². The van der Waals surface area contributed by atoms with E-state index in [4.69, 9.17) is 10.00 Å². The molecule has 0 radical (unpaired) electrons. The van der Waals surface area contributed by atoms with Crippen molar-refractivity contribution in [2.75, 3.05) is 0 Å². The van der Waals surface area contributed by atoms with E-state index >= 15 is 0 Å². The number of nitriles is 1. The zero-order chi connectivity index (χ0) is 17.5. The van der Waals surface area contributed by atoms with Crippen LogP contribution in [0.3, 0.4) is 0 Å². The van der Waals surface area contributed by atoms with Gasteiger partial charge in [0.1, 0.15) is 5.82 Å². The van der Waals surface area contributed by atoms with Gasteiger partial charge in [0.2, 0.25) is 0 Å². The fourth-order valence-corrected chi connectivity index (χ4v) is 1.93. The Morgan fingerprint density at radius 1 is 1.25 bits per heavy atom. The van der Waals surface area contributed by atoms with Gasteiger partial charge in [-0.15, -0.1) is 0 Å². The van der Waals surface area contributed by atoms with E-state index in [9.17, 15) is 14.0 Å². The summed E-state index contributed by atoms with van der Waals surface area (Å²) in [4.78, 5) is 23.9. The number of carbonyl (C=O) groups is 2. The minimum atomic E-state index is -0.997. The molecule has 6 heteroatoms. The van der Waals surface area contributed by atoms with Crippen molar-refractivity contribution in [2.45, 2.75) is 19.6 Å². The van der Waals surface area contributed by atoms with Crippen LogP contribution in [0.25, 0.3) is 0 Å². The second kappa shape index (κ2) is 7.88. The van der Waals surface area contributed by atoms with Gasteiger partial charge in [-0.3, -0.25) is 4.79 Å². The van der Waals surface area contributed by atoms with Crippen LogP contribution < -0.4 is 5.32 Å². The quantitative estimate of drug-likeness (QED) is 0.857. The molecule has 0 heterocycles. The average Bonchev–Trinajstić information content (AvgIpc) is 2.60. The summed E-state index contributed by atoms with van der Waals surface area (Å²) in [5, 5.41) is 11.4. The largest absolute Gasteiger partial charge is 0.449 e. The number of carbonyl (C=O) groups excluding carboxylic acids is 2. The van der Waals surface area contributed by atoms with E-state index in [1.54, 1.807) is 24.3 Å². The molecule has 0 fully saturated rings. The summed E-state index contributed by atoms with van der Waals surface area (Å²) < 4.78 is 17.9. The summed E-state index contributed by atoms with van der Waals surface area (Å²) >= 11 is 0. The first kappa shape index (κ1) is 17.2. The van der Waals surface area contributed by atoms with Crippen molar-refractivity contribution in [3.63, 3.8) is 0 Å². The SMILES string of the molecule is C[C@H](OC(=O)c1cccc(C#N)c1)C(=O)NCc1ccc(F)cc1. The predicted octanol–water partition coefficient (Wildman–Crippen LogP) is 2.56. The van der Waals surface area contributed by atoms with Crippen molar-refractivity contribution < 1.29 is 18.7 Å². The van der Waals surface area contributed by atoms with Gasteiger partial charge in [0.05, 0.1) is 17.2 Å². The third-order valence-corrected chi connectivity index (χ3v) is 3.26. The zero-order valence-electron chi connectivity index (χ0n) is 13.0. The van der Waals surface area contributed by atoms with Gasteiger partial charge in [-0.25, -0.2) is 9.18 Å². The van der Waals surface area contributed by atoms with Gasteiger partial charge in [0.25, 0.3) is 5.91 Å². The first-order chi connectivity index (χ1) is 11.5. The van der Waals surface area contributed by atoms with E-state index in [1.807, 2.05) is 6.07 Å². The number of halogens is 1. The maximum Gasteiger partial charge on any atom is 0.338 e. The van der Waals surface area contributed by atoms with Crippen LogP contribution in [0.4, 0.5) is 4.39 Å². The van der Waals surface area contributed by atoms with Crippen molar-refractivity contribution in [3.05, 3.63) is 71.0 Å². The molecule has 2 aromatic carbocycles. The first-order valence-electron chi connectivity index (χ1n) is 7.23. The summed E-state index contributed by atoms with van der Waals surface area (Å²) in [5.41, 5.74) is 1.26. The molecule has 0 bridgehead atoms. The fourth-order valence-electron chi connectivity index (χ4n) is 1.93. The summed E-state index contributed by atoms with van der Waals surface area (Å²) in [6, 6.07) is 13.7.